The fourth-order valence-corrected chi connectivity index (χ4v) is 3.77. The minimum Gasteiger partial charge on any atom is -0.238 e. The first-order chi connectivity index (χ1) is 11.8. The van der Waals surface area contributed by atoms with Gasteiger partial charge in [0.25, 0.3) is 0 Å². The summed E-state index contributed by atoms with van der Waals surface area (Å²) in [6.07, 6.45) is 5.07. The molecule has 1 aliphatic carbocycles. The van der Waals surface area contributed by atoms with E-state index in [1.165, 1.54) is 11.1 Å². The highest BCUT2D eigenvalue weighted by atomic mass is 32.1. The van der Waals surface area contributed by atoms with Crippen LogP contribution in [0.2, 0.25) is 0 Å². The molecule has 1 aromatic heterocycles. The molecule has 0 fully saturated rings. The molecule has 0 unspecified atom stereocenters. The highest BCUT2D eigenvalue weighted by Gasteiger charge is 2.15. The van der Waals surface area contributed by atoms with Gasteiger partial charge in [-0.15, -0.1) is 11.3 Å². The van der Waals surface area contributed by atoms with E-state index < -0.39 is 0 Å². The first kappa shape index (κ1) is 14.4. The van der Waals surface area contributed by atoms with Crippen molar-refractivity contribution in [3.05, 3.63) is 82.2 Å². The topological polar surface area (TPSA) is 41.0 Å². The Morgan fingerprint density at radius 1 is 1.08 bits per heavy atom. The third-order valence-corrected chi connectivity index (χ3v) is 5.12. The van der Waals surface area contributed by atoms with Gasteiger partial charge in [0.05, 0.1) is 23.7 Å². The number of fused-ring (bicyclic) bond motifs is 1. The van der Waals surface area contributed by atoms with Crippen LogP contribution in [0.3, 0.4) is 0 Å². The molecule has 24 heavy (non-hydrogen) atoms. The monoisotopic (exact) mass is 325 g/mol. The minimum absolute atomic E-state index is 0.648. The van der Waals surface area contributed by atoms with Crippen LogP contribution in [0.4, 0.5) is 5.69 Å². The lowest BCUT2D eigenvalue weighted by molar-refractivity contribution is 1.36. The molecule has 0 saturated carbocycles. The van der Waals surface area contributed by atoms with E-state index in [1.807, 2.05) is 42.5 Å². The first-order valence-electron chi connectivity index (χ1n) is 7.45. The molecule has 0 atom stereocenters. The van der Waals surface area contributed by atoms with Gasteiger partial charge in [0.1, 0.15) is 5.01 Å². The summed E-state index contributed by atoms with van der Waals surface area (Å²) in [7, 11) is 0. The Labute approximate surface area is 143 Å². The van der Waals surface area contributed by atoms with Gasteiger partial charge >= 0.3 is 0 Å². The van der Waals surface area contributed by atoms with Crippen LogP contribution < -0.4 is 0 Å². The number of hydrogen-bond acceptors (Lipinski definition) is 3. The second kappa shape index (κ2) is 5.77. The molecule has 0 N–H and O–H groups in total. The highest BCUT2D eigenvalue weighted by molar-refractivity contribution is 7.19. The maximum atomic E-state index is 8.89. The fraction of sp³-hybridized carbons (Fsp3) is 0.0500. The third kappa shape index (κ3) is 2.50. The molecule has 1 aliphatic rings. The second-order valence-corrected chi connectivity index (χ2v) is 6.56. The average molecular weight is 325 g/mol. The van der Waals surface area contributed by atoms with Crippen LogP contribution in [0.15, 0.2) is 54.6 Å². The van der Waals surface area contributed by atoms with Crippen LogP contribution in [0, 0.1) is 17.9 Å². The SMILES string of the molecule is [C-]#[N+]c1ccc2nc(C3=CC=C(c4ccc(C#N)cc4)C3)sc2c1. The largest absolute Gasteiger partial charge is 0.238 e. The lowest BCUT2D eigenvalue weighted by Gasteiger charge is -2.04. The Balaban J connectivity index is 1.59. The van der Waals surface area contributed by atoms with Gasteiger partial charge in [0.2, 0.25) is 0 Å². The van der Waals surface area contributed by atoms with E-state index in [1.54, 1.807) is 11.3 Å². The van der Waals surface area contributed by atoms with Crippen molar-refractivity contribution in [1.82, 2.24) is 4.98 Å². The van der Waals surface area contributed by atoms with Crippen molar-refractivity contribution in [2.24, 2.45) is 0 Å². The second-order valence-electron chi connectivity index (χ2n) is 5.53. The van der Waals surface area contributed by atoms with Crippen molar-refractivity contribution in [2.45, 2.75) is 6.42 Å². The molecule has 2 aromatic carbocycles. The number of nitrogens with zero attached hydrogens (tertiary/aromatic N) is 3. The summed E-state index contributed by atoms with van der Waals surface area (Å²) in [5.74, 6) is 0. The molecule has 0 saturated heterocycles. The maximum absolute atomic E-state index is 8.89. The van der Waals surface area contributed by atoms with E-state index >= 15 is 0 Å². The summed E-state index contributed by atoms with van der Waals surface area (Å²) in [6.45, 7) is 7.11. The molecule has 0 spiro atoms. The molecular weight excluding hydrogens is 314 g/mol. The molecule has 4 rings (SSSR count). The predicted molar refractivity (Wildman–Crippen MR) is 97.6 cm³/mol. The molecule has 0 radical (unpaired) electrons. The number of benzene rings is 2. The summed E-state index contributed by atoms with van der Waals surface area (Å²) < 4.78 is 1.05. The molecule has 3 nitrogen and oxygen atoms in total. The van der Waals surface area contributed by atoms with Crippen LogP contribution in [-0.2, 0) is 0 Å². The Morgan fingerprint density at radius 2 is 1.88 bits per heavy atom. The molecule has 0 amide bonds. The average Bonchev–Trinajstić information content (AvgIpc) is 3.27. The summed E-state index contributed by atoms with van der Waals surface area (Å²) in [6, 6.07) is 15.4. The predicted octanol–water partition coefficient (Wildman–Crippen LogP) is 5.59. The molecule has 0 aliphatic heterocycles. The van der Waals surface area contributed by atoms with Gasteiger partial charge in [-0.05, 0) is 41.0 Å². The summed E-state index contributed by atoms with van der Waals surface area (Å²) in [4.78, 5) is 8.17. The fourth-order valence-electron chi connectivity index (χ4n) is 2.75. The van der Waals surface area contributed by atoms with Crippen LogP contribution in [-0.4, -0.2) is 4.98 Å². The van der Waals surface area contributed by atoms with Crippen molar-refractivity contribution in [2.75, 3.05) is 0 Å². The normalized spacial score (nSPS) is 13.2. The quantitative estimate of drug-likeness (QED) is 0.576. The molecule has 112 valence electrons. The van der Waals surface area contributed by atoms with Crippen molar-refractivity contribution in [3.8, 4) is 6.07 Å². The zero-order chi connectivity index (χ0) is 16.5. The zero-order valence-electron chi connectivity index (χ0n) is 12.7. The number of allylic oxidation sites excluding steroid dienone is 4. The van der Waals surface area contributed by atoms with Crippen molar-refractivity contribution in [1.29, 1.82) is 5.26 Å². The van der Waals surface area contributed by atoms with Crippen LogP contribution >= 0.6 is 11.3 Å². The molecular formula is C20H11N3S. The zero-order valence-corrected chi connectivity index (χ0v) is 13.5. The first-order valence-corrected chi connectivity index (χ1v) is 8.27. The van der Waals surface area contributed by atoms with E-state index in [2.05, 4.69) is 23.1 Å². The molecule has 0 bridgehead atoms. The van der Waals surface area contributed by atoms with Gasteiger partial charge in [0.15, 0.2) is 5.69 Å². The van der Waals surface area contributed by atoms with E-state index in [0.29, 0.717) is 11.3 Å². The summed E-state index contributed by atoms with van der Waals surface area (Å²) in [5, 5.41) is 9.90. The number of nitriles is 1. The van der Waals surface area contributed by atoms with Crippen molar-refractivity contribution < 1.29 is 0 Å². The van der Waals surface area contributed by atoms with Gasteiger partial charge in [-0.3, -0.25) is 0 Å². The van der Waals surface area contributed by atoms with Gasteiger partial charge in [-0.25, -0.2) is 9.83 Å². The van der Waals surface area contributed by atoms with Crippen molar-refractivity contribution >= 4 is 38.4 Å². The van der Waals surface area contributed by atoms with Gasteiger partial charge in [-0.2, -0.15) is 5.26 Å². The Kier molecular flexibility index (Phi) is 3.46. The van der Waals surface area contributed by atoms with Gasteiger partial charge < -0.3 is 0 Å². The van der Waals surface area contributed by atoms with Crippen molar-refractivity contribution in [3.63, 3.8) is 0 Å². The lowest BCUT2D eigenvalue weighted by Crippen LogP contribution is -1.85. The van der Waals surface area contributed by atoms with Gasteiger partial charge in [-0.1, -0.05) is 30.4 Å². The smallest absolute Gasteiger partial charge is 0.188 e. The minimum atomic E-state index is 0.648. The Bertz CT molecular complexity index is 1090. The maximum Gasteiger partial charge on any atom is 0.188 e. The van der Waals surface area contributed by atoms with Crippen LogP contribution in [0.25, 0.3) is 26.2 Å². The molecule has 3 aromatic rings. The molecule has 1 heterocycles. The number of rotatable bonds is 2. The third-order valence-electron chi connectivity index (χ3n) is 4.03. The Morgan fingerprint density at radius 3 is 2.62 bits per heavy atom. The number of thiazole rings is 1. The highest BCUT2D eigenvalue weighted by Crippen LogP contribution is 2.37. The van der Waals surface area contributed by atoms with E-state index in [4.69, 9.17) is 16.8 Å². The van der Waals surface area contributed by atoms with E-state index in [9.17, 15) is 0 Å². The standard InChI is InChI=1S/C20H11N3S/c1-22-17-8-9-18-19(11-17)24-20(23-18)16-7-6-15(10-16)14-4-2-13(12-21)3-5-14/h2-9,11H,10H2. The van der Waals surface area contributed by atoms with Gasteiger partial charge in [0, 0.05) is 11.1 Å². The summed E-state index contributed by atoms with van der Waals surface area (Å²) >= 11 is 1.63. The number of aromatic nitrogens is 1. The summed E-state index contributed by atoms with van der Waals surface area (Å²) in [5.41, 5.74) is 5.82. The lowest BCUT2D eigenvalue weighted by atomic mass is 10.0. The van der Waals surface area contributed by atoms with E-state index in [0.717, 1.165) is 27.2 Å². The van der Waals surface area contributed by atoms with E-state index in [-0.39, 0.29) is 0 Å². The Hall–Kier alpha value is -3.21. The van der Waals surface area contributed by atoms with Crippen LogP contribution in [0.5, 0.6) is 0 Å². The van der Waals surface area contributed by atoms with Crippen LogP contribution in [0.1, 0.15) is 22.6 Å². The number of hydrogen-bond donors (Lipinski definition) is 0. The molecule has 4 heteroatoms.